The van der Waals surface area contributed by atoms with E-state index < -0.39 is 0 Å². The number of aromatic nitrogens is 1. The predicted octanol–water partition coefficient (Wildman–Crippen LogP) is 2.71. The van der Waals surface area contributed by atoms with Crippen molar-refractivity contribution in [2.45, 2.75) is 32.7 Å². The van der Waals surface area contributed by atoms with Crippen molar-refractivity contribution < 1.29 is 18.7 Å². The largest absolute Gasteiger partial charge is 0.497 e. The molecule has 2 aromatic rings. The van der Waals surface area contributed by atoms with E-state index in [0.29, 0.717) is 24.8 Å². The fraction of sp³-hybridized carbons (Fsp3) is 0.474. The van der Waals surface area contributed by atoms with Gasteiger partial charge >= 0.3 is 0 Å². The molecule has 1 amide bonds. The molecule has 1 unspecified atom stereocenters. The first kappa shape index (κ1) is 19.8. The molecule has 0 bridgehead atoms. The maximum Gasteiger partial charge on any atom is 0.273 e. The van der Waals surface area contributed by atoms with Gasteiger partial charge in [-0.1, -0.05) is 13.8 Å². The Balaban J connectivity index is 1.92. The standard InChI is InChI=1S/C19H27N3O4/c1-12(2)9-15(20)19-22-16(11-26-19)18(23)21-8-7-13-10-14(24-3)5-6-17(13)25-4/h5-6,10-12,15H,7-9,20H2,1-4H3,(H,21,23). The van der Waals surface area contributed by atoms with Crippen molar-refractivity contribution in [3.63, 3.8) is 0 Å². The molecule has 7 heteroatoms. The van der Waals surface area contributed by atoms with Gasteiger partial charge in [-0.2, -0.15) is 0 Å². The second-order valence-corrected chi connectivity index (χ2v) is 6.49. The first-order valence-electron chi connectivity index (χ1n) is 8.64. The topological polar surface area (TPSA) is 99.6 Å². The van der Waals surface area contributed by atoms with Crippen molar-refractivity contribution in [1.29, 1.82) is 0 Å². The molecule has 0 aliphatic rings. The van der Waals surface area contributed by atoms with Crippen LogP contribution in [0, 0.1) is 5.92 Å². The molecule has 0 aliphatic carbocycles. The third kappa shape index (κ3) is 5.23. The lowest BCUT2D eigenvalue weighted by Crippen LogP contribution is -2.26. The summed E-state index contributed by atoms with van der Waals surface area (Å²) in [6.45, 7) is 4.58. The lowest BCUT2D eigenvalue weighted by atomic mass is 10.0. The highest BCUT2D eigenvalue weighted by Gasteiger charge is 2.18. The molecule has 1 heterocycles. The van der Waals surface area contributed by atoms with Crippen LogP contribution >= 0.6 is 0 Å². The summed E-state index contributed by atoms with van der Waals surface area (Å²) in [5.74, 6) is 2.01. The number of amides is 1. The number of nitrogens with one attached hydrogen (secondary N) is 1. The smallest absolute Gasteiger partial charge is 0.273 e. The second-order valence-electron chi connectivity index (χ2n) is 6.49. The maximum absolute atomic E-state index is 12.2. The van der Waals surface area contributed by atoms with Crippen LogP contribution in [-0.2, 0) is 6.42 Å². The molecule has 1 atom stereocenters. The molecular weight excluding hydrogens is 334 g/mol. The summed E-state index contributed by atoms with van der Waals surface area (Å²) in [5.41, 5.74) is 7.22. The number of methoxy groups -OCH3 is 2. The van der Waals surface area contributed by atoms with Crippen molar-refractivity contribution >= 4 is 5.91 Å². The number of ether oxygens (including phenoxy) is 2. The minimum atomic E-state index is -0.308. The number of hydrogen-bond donors (Lipinski definition) is 2. The van der Waals surface area contributed by atoms with Crippen LogP contribution in [0.1, 0.15) is 48.3 Å². The van der Waals surface area contributed by atoms with E-state index in [-0.39, 0.29) is 17.6 Å². The van der Waals surface area contributed by atoms with Crippen molar-refractivity contribution in [2.24, 2.45) is 11.7 Å². The van der Waals surface area contributed by atoms with Gasteiger partial charge < -0.3 is 24.9 Å². The van der Waals surface area contributed by atoms with Crippen LogP contribution in [-0.4, -0.2) is 31.7 Å². The zero-order chi connectivity index (χ0) is 19.1. The van der Waals surface area contributed by atoms with Crippen molar-refractivity contribution in [1.82, 2.24) is 10.3 Å². The number of hydrogen-bond acceptors (Lipinski definition) is 6. The quantitative estimate of drug-likeness (QED) is 0.712. The number of nitrogens with zero attached hydrogens (tertiary/aromatic N) is 1. The lowest BCUT2D eigenvalue weighted by molar-refractivity contribution is 0.0949. The summed E-state index contributed by atoms with van der Waals surface area (Å²) in [6, 6.07) is 5.26. The van der Waals surface area contributed by atoms with Crippen LogP contribution in [0.15, 0.2) is 28.9 Å². The molecule has 2 rings (SSSR count). The number of rotatable bonds is 9. The lowest BCUT2D eigenvalue weighted by Gasteiger charge is -2.11. The van der Waals surface area contributed by atoms with Gasteiger partial charge in [0.1, 0.15) is 17.8 Å². The minimum Gasteiger partial charge on any atom is -0.497 e. The molecule has 0 radical (unpaired) electrons. The Hall–Kier alpha value is -2.54. The van der Waals surface area contributed by atoms with Gasteiger partial charge in [0, 0.05) is 6.54 Å². The van der Waals surface area contributed by atoms with E-state index in [1.165, 1.54) is 6.26 Å². The zero-order valence-electron chi connectivity index (χ0n) is 15.7. The van der Waals surface area contributed by atoms with E-state index in [1.54, 1.807) is 14.2 Å². The number of benzene rings is 1. The molecule has 1 aromatic heterocycles. The SMILES string of the molecule is COc1ccc(OC)c(CCNC(=O)c2coc(C(N)CC(C)C)n2)c1. The average Bonchev–Trinajstić information content (AvgIpc) is 3.11. The average molecular weight is 361 g/mol. The summed E-state index contributed by atoms with van der Waals surface area (Å²) >= 11 is 0. The fourth-order valence-corrected chi connectivity index (χ4v) is 2.65. The van der Waals surface area contributed by atoms with E-state index in [1.807, 2.05) is 18.2 Å². The highest BCUT2D eigenvalue weighted by molar-refractivity contribution is 5.91. The molecule has 142 valence electrons. The second kappa shape index (κ2) is 9.24. The van der Waals surface area contributed by atoms with Crippen LogP contribution in [0.5, 0.6) is 11.5 Å². The van der Waals surface area contributed by atoms with E-state index in [9.17, 15) is 4.79 Å². The molecule has 0 spiro atoms. The molecule has 0 saturated carbocycles. The van der Waals surface area contributed by atoms with Gasteiger partial charge in [0.25, 0.3) is 5.91 Å². The molecule has 0 aliphatic heterocycles. The van der Waals surface area contributed by atoms with E-state index in [2.05, 4.69) is 24.1 Å². The Kier molecular flexibility index (Phi) is 7.03. The van der Waals surface area contributed by atoms with E-state index >= 15 is 0 Å². The fourth-order valence-electron chi connectivity index (χ4n) is 2.65. The van der Waals surface area contributed by atoms with Crippen LogP contribution < -0.4 is 20.5 Å². The van der Waals surface area contributed by atoms with Crippen molar-refractivity contribution in [3.8, 4) is 11.5 Å². The number of carbonyl (C=O) groups is 1. The Morgan fingerprint density at radius 3 is 2.73 bits per heavy atom. The van der Waals surface area contributed by atoms with Crippen LogP contribution in [0.2, 0.25) is 0 Å². The molecule has 0 fully saturated rings. The van der Waals surface area contributed by atoms with Gasteiger partial charge in [0.15, 0.2) is 5.69 Å². The third-order valence-electron chi connectivity index (χ3n) is 3.96. The van der Waals surface area contributed by atoms with Gasteiger partial charge in [-0.15, -0.1) is 0 Å². The predicted molar refractivity (Wildman–Crippen MR) is 98.5 cm³/mol. The Bertz CT molecular complexity index is 727. The Labute approximate surface area is 153 Å². The Morgan fingerprint density at radius 1 is 1.31 bits per heavy atom. The van der Waals surface area contributed by atoms with Gasteiger partial charge in [-0.3, -0.25) is 4.79 Å². The third-order valence-corrected chi connectivity index (χ3v) is 3.96. The normalized spacial score (nSPS) is 12.1. The molecular formula is C19H27N3O4. The van der Waals surface area contributed by atoms with Crippen LogP contribution in [0.3, 0.4) is 0 Å². The van der Waals surface area contributed by atoms with Crippen molar-refractivity contribution in [2.75, 3.05) is 20.8 Å². The minimum absolute atomic E-state index is 0.233. The number of carbonyl (C=O) groups excluding carboxylic acids is 1. The van der Waals surface area contributed by atoms with E-state index in [0.717, 1.165) is 23.5 Å². The summed E-state index contributed by atoms with van der Waals surface area (Å²) in [5, 5.41) is 2.83. The summed E-state index contributed by atoms with van der Waals surface area (Å²) < 4.78 is 15.9. The molecule has 1 aromatic carbocycles. The first-order chi connectivity index (χ1) is 12.4. The molecule has 26 heavy (non-hydrogen) atoms. The van der Waals surface area contributed by atoms with Gasteiger partial charge in [-0.25, -0.2) is 4.98 Å². The Morgan fingerprint density at radius 2 is 2.08 bits per heavy atom. The summed E-state index contributed by atoms with van der Waals surface area (Å²) in [7, 11) is 3.22. The van der Waals surface area contributed by atoms with Crippen LogP contribution in [0.25, 0.3) is 0 Å². The van der Waals surface area contributed by atoms with Gasteiger partial charge in [0.2, 0.25) is 5.89 Å². The molecule has 0 saturated heterocycles. The monoisotopic (exact) mass is 361 g/mol. The van der Waals surface area contributed by atoms with Crippen LogP contribution in [0.4, 0.5) is 0 Å². The summed E-state index contributed by atoms with van der Waals surface area (Å²) in [4.78, 5) is 16.4. The number of oxazole rings is 1. The summed E-state index contributed by atoms with van der Waals surface area (Å²) in [6.07, 6.45) is 2.69. The van der Waals surface area contributed by atoms with Gasteiger partial charge in [0.05, 0.1) is 20.3 Å². The molecule has 7 nitrogen and oxygen atoms in total. The van der Waals surface area contributed by atoms with Gasteiger partial charge in [-0.05, 0) is 42.5 Å². The zero-order valence-corrected chi connectivity index (χ0v) is 15.7. The highest BCUT2D eigenvalue weighted by atomic mass is 16.5. The highest BCUT2D eigenvalue weighted by Crippen LogP contribution is 2.24. The van der Waals surface area contributed by atoms with E-state index in [4.69, 9.17) is 19.6 Å². The molecule has 3 N–H and O–H groups in total. The first-order valence-corrected chi connectivity index (χ1v) is 8.64. The number of nitrogens with two attached hydrogens (primary N) is 1. The van der Waals surface area contributed by atoms with Crippen molar-refractivity contribution in [3.05, 3.63) is 41.6 Å². The maximum atomic E-state index is 12.2.